The number of anilines is 2. The molecule has 1 unspecified atom stereocenters. The van der Waals surface area contributed by atoms with Crippen LogP contribution in [0.5, 0.6) is 0 Å². The second kappa shape index (κ2) is 10.3. The largest absolute Gasteiger partial charge is 0.477 e. The third-order valence-corrected chi connectivity index (χ3v) is 5.58. The minimum Gasteiger partial charge on any atom is -0.477 e. The molecule has 0 aliphatic carbocycles. The van der Waals surface area contributed by atoms with Gasteiger partial charge < -0.3 is 20.0 Å². The summed E-state index contributed by atoms with van der Waals surface area (Å²) in [6.07, 6.45) is 2.39. The van der Waals surface area contributed by atoms with E-state index in [9.17, 15) is 29.6 Å². The van der Waals surface area contributed by atoms with Crippen LogP contribution in [0.25, 0.3) is 5.69 Å². The topological polar surface area (TPSA) is 178 Å². The van der Waals surface area contributed by atoms with Gasteiger partial charge in [-0.15, -0.1) is 0 Å². The average molecular weight is 506 g/mol. The zero-order chi connectivity index (χ0) is 26.7. The second-order valence-corrected chi connectivity index (χ2v) is 8.43. The zero-order valence-corrected chi connectivity index (χ0v) is 19.7. The number of aromatic nitrogens is 2. The first kappa shape index (κ1) is 25.0. The van der Waals surface area contributed by atoms with Crippen molar-refractivity contribution in [2.45, 2.75) is 32.4 Å². The number of benzene rings is 2. The van der Waals surface area contributed by atoms with Crippen molar-refractivity contribution in [1.29, 1.82) is 0 Å². The monoisotopic (exact) mass is 506 g/mol. The minimum absolute atomic E-state index is 0.0528. The highest BCUT2D eigenvalue weighted by Gasteiger charge is 2.30. The Balaban J connectivity index is 1.51. The molecule has 4 rings (SSSR count). The predicted molar refractivity (Wildman–Crippen MR) is 133 cm³/mol. The molecule has 1 aliphatic rings. The maximum atomic E-state index is 12.2. The molecule has 1 atom stereocenters. The lowest BCUT2D eigenvalue weighted by molar-refractivity contribution is -0.384. The summed E-state index contributed by atoms with van der Waals surface area (Å²) in [6.45, 7) is 3.93. The lowest BCUT2D eigenvalue weighted by Gasteiger charge is -2.21. The number of nitrogens with one attached hydrogen (secondary N) is 2. The molecule has 2 heterocycles. The van der Waals surface area contributed by atoms with Gasteiger partial charge in [-0.3, -0.25) is 20.0 Å². The number of carbonyl (C=O) groups excluding carboxylic acids is 2. The van der Waals surface area contributed by atoms with Gasteiger partial charge in [0.25, 0.3) is 5.69 Å². The number of nitro benzene ring substituents is 1. The third kappa shape index (κ3) is 5.45. The first-order valence-electron chi connectivity index (χ1n) is 11.1. The van der Waals surface area contributed by atoms with Gasteiger partial charge in [-0.1, -0.05) is 26.0 Å². The number of aliphatic imine (C=N–C) groups is 1. The van der Waals surface area contributed by atoms with Gasteiger partial charge in [-0.05, 0) is 29.7 Å². The third-order valence-electron chi connectivity index (χ3n) is 5.58. The molecule has 3 aromatic rings. The molecule has 190 valence electrons. The van der Waals surface area contributed by atoms with E-state index in [-0.39, 0.29) is 29.4 Å². The number of fused-ring (bicyclic) bond motifs is 1. The van der Waals surface area contributed by atoms with Crippen molar-refractivity contribution < 1.29 is 29.2 Å². The van der Waals surface area contributed by atoms with Gasteiger partial charge in [0.05, 0.1) is 28.3 Å². The normalized spacial score (nSPS) is 14.2. The number of carboxylic acids is 1. The number of amides is 1. The van der Waals surface area contributed by atoms with E-state index in [1.54, 1.807) is 12.1 Å². The number of nitro groups is 1. The van der Waals surface area contributed by atoms with E-state index in [1.165, 1.54) is 23.2 Å². The second-order valence-electron chi connectivity index (χ2n) is 8.43. The van der Waals surface area contributed by atoms with E-state index in [0.717, 1.165) is 11.6 Å². The molecule has 13 nitrogen and oxygen atoms in total. The van der Waals surface area contributed by atoms with Crippen LogP contribution in [0.3, 0.4) is 0 Å². The molecule has 1 aliphatic heterocycles. The summed E-state index contributed by atoms with van der Waals surface area (Å²) in [5.41, 5.74) is 1.53. The number of aliphatic carboxylic acids is 1. The van der Waals surface area contributed by atoms with Gasteiger partial charge in [0.15, 0.2) is 5.71 Å². The number of aldehydes is 1. The van der Waals surface area contributed by atoms with Crippen molar-refractivity contribution in [3.8, 4) is 5.69 Å². The molecule has 0 radical (unpaired) electrons. The Bertz CT molecular complexity index is 1410. The van der Waals surface area contributed by atoms with Gasteiger partial charge in [-0.2, -0.15) is 0 Å². The Hall–Kier alpha value is -5.07. The fourth-order valence-corrected chi connectivity index (χ4v) is 3.66. The van der Waals surface area contributed by atoms with Gasteiger partial charge in [-0.25, -0.2) is 19.6 Å². The average Bonchev–Trinajstić information content (AvgIpc) is 3.35. The number of rotatable bonds is 8. The Morgan fingerprint density at radius 3 is 2.65 bits per heavy atom. The molecule has 1 amide bonds. The number of nitrogens with zero attached hydrogens (tertiary/aromatic N) is 4. The molecule has 2 aromatic carbocycles. The molecule has 0 spiro atoms. The van der Waals surface area contributed by atoms with E-state index < -0.39 is 28.7 Å². The van der Waals surface area contributed by atoms with Crippen molar-refractivity contribution in [1.82, 2.24) is 9.55 Å². The highest BCUT2D eigenvalue weighted by Crippen LogP contribution is 2.38. The van der Waals surface area contributed by atoms with Crippen LogP contribution < -0.4 is 10.6 Å². The number of imidazole rings is 1. The Labute approximate surface area is 210 Å². The quantitative estimate of drug-likeness (QED) is 0.233. The molecule has 0 bridgehead atoms. The van der Waals surface area contributed by atoms with Crippen molar-refractivity contribution in [2.75, 3.05) is 10.6 Å². The fraction of sp³-hybridized carbons (Fsp3) is 0.208. The Kier molecular flexibility index (Phi) is 6.95. The van der Waals surface area contributed by atoms with E-state index >= 15 is 0 Å². The number of carboxylic acid groups (broad SMARTS) is 1. The maximum absolute atomic E-state index is 12.2. The number of ether oxygens (including phenoxy) is 1. The van der Waals surface area contributed by atoms with E-state index in [1.807, 2.05) is 12.1 Å². The zero-order valence-electron chi connectivity index (χ0n) is 19.7. The number of carbonyl (C=O) groups is 3. The van der Waals surface area contributed by atoms with Gasteiger partial charge >= 0.3 is 12.1 Å². The molecule has 1 aromatic heterocycles. The van der Waals surface area contributed by atoms with Crippen LogP contribution in [0.15, 0.2) is 53.9 Å². The summed E-state index contributed by atoms with van der Waals surface area (Å²) in [5.74, 6) is -1.04. The summed E-state index contributed by atoms with van der Waals surface area (Å²) in [5, 5.41) is 26.3. The summed E-state index contributed by atoms with van der Waals surface area (Å²) in [6, 6.07) is 8.58. The van der Waals surface area contributed by atoms with Crippen LogP contribution >= 0.6 is 0 Å². The van der Waals surface area contributed by atoms with Gasteiger partial charge in [0, 0.05) is 18.0 Å². The molecule has 0 fully saturated rings. The maximum Gasteiger partial charge on any atom is 0.412 e. The highest BCUT2D eigenvalue weighted by atomic mass is 16.6. The van der Waals surface area contributed by atoms with Crippen LogP contribution in [0.4, 0.5) is 27.5 Å². The van der Waals surface area contributed by atoms with Crippen molar-refractivity contribution >= 4 is 46.8 Å². The van der Waals surface area contributed by atoms with Gasteiger partial charge in [0.2, 0.25) is 0 Å². The van der Waals surface area contributed by atoms with Crippen molar-refractivity contribution in [3.63, 3.8) is 0 Å². The summed E-state index contributed by atoms with van der Waals surface area (Å²) >= 11 is 0. The first-order valence-corrected chi connectivity index (χ1v) is 11.1. The summed E-state index contributed by atoms with van der Waals surface area (Å²) in [4.78, 5) is 54.1. The fourth-order valence-electron chi connectivity index (χ4n) is 3.66. The number of hydrogen-bond acceptors (Lipinski definition) is 9. The first-order chi connectivity index (χ1) is 17.7. The lowest BCUT2D eigenvalue weighted by Crippen LogP contribution is -2.38. The molecule has 0 saturated carbocycles. The Morgan fingerprint density at radius 2 is 2.03 bits per heavy atom. The van der Waals surface area contributed by atoms with E-state index in [0.29, 0.717) is 23.6 Å². The van der Waals surface area contributed by atoms with Gasteiger partial charge in [0.1, 0.15) is 24.6 Å². The van der Waals surface area contributed by atoms with E-state index in [4.69, 9.17) is 4.74 Å². The standard InChI is InChI=1S/C24H22N6O7/c1-13(2)14-3-5-15(6-4-14)26-24(34)37-11-16-9-29(12-25-16)20-7-18-17(8-21(20)30(35)36)27-19(10-31)22(28-18)23(32)33/h3-10,12-13,19,27H,11H2,1-2H3,(H,26,34)(H,32,33). The van der Waals surface area contributed by atoms with E-state index in [2.05, 4.69) is 34.5 Å². The van der Waals surface area contributed by atoms with Crippen molar-refractivity contribution in [3.05, 3.63) is 70.3 Å². The minimum atomic E-state index is -1.40. The van der Waals surface area contributed by atoms with Crippen LogP contribution in [-0.2, 0) is 20.9 Å². The summed E-state index contributed by atoms with van der Waals surface area (Å²) in [7, 11) is 0. The SMILES string of the molecule is CC(C)c1ccc(NC(=O)OCc2cn(-c3cc4c(cc3[N+](=O)[O-])NC(C=O)C(C(=O)O)=N4)cn2)cc1. The lowest BCUT2D eigenvalue weighted by atomic mass is 10.0. The number of hydrogen-bond donors (Lipinski definition) is 3. The predicted octanol–water partition coefficient (Wildman–Crippen LogP) is 3.80. The van der Waals surface area contributed by atoms with Crippen LogP contribution in [0.1, 0.15) is 31.0 Å². The smallest absolute Gasteiger partial charge is 0.412 e. The van der Waals surface area contributed by atoms with Crippen molar-refractivity contribution in [2.24, 2.45) is 4.99 Å². The molecular weight excluding hydrogens is 484 g/mol. The Morgan fingerprint density at radius 1 is 1.30 bits per heavy atom. The van der Waals surface area contributed by atoms with Crippen LogP contribution in [0, 0.1) is 10.1 Å². The molecular formula is C24H22N6O7. The van der Waals surface area contributed by atoms with Crippen LogP contribution in [0.2, 0.25) is 0 Å². The molecule has 0 saturated heterocycles. The molecule has 37 heavy (non-hydrogen) atoms. The van der Waals surface area contributed by atoms with Crippen LogP contribution in [-0.4, -0.2) is 49.7 Å². The molecule has 3 N–H and O–H groups in total. The highest BCUT2D eigenvalue weighted by molar-refractivity contribution is 6.42. The molecule has 13 heteroatoms. The summed E-state index contributed by atoms with van der Waals surface area (Å²) < 4.78 is 6.54.